The summed E-state index contributed by atoms with van der Waals surface area (Å²) in [7, 11) is 1.71. The van der Waals surface area contributed by atoms with Gasteiger partial charge < -0.3 is 10.1 Å². The highest BCUT2D eigenvalue weighted by atomic mass is 35.5. The summed E-state index contributed by atoms with van der Waals surface area (Å²) in [6, 6.07) is 18.0. The number of nitrogens with one attached hydrogen (secondary N) is 1. The maximum Gasteiger partial charge on any atom is 0.150 e. The van der Waals surface area contributed by atoms with Crippen molar-refractivity contribution in [3.05, 3.63) is 72.1 Å². The van der Waals surface area contributed by atoms with Crippen LogP contribution in [0.15, 0.2) is 67.1 Å². The van der Waals surface area contributed by atoms with Crippen molar-refractivity contribution >= 4 is 28.5 Å². The van der Waals surface area contributed by atoms with Crippen molar-refractivity contribution < 1.29 is 4.74 Å². The van der Waals surface area contributed by atoms with Crippen molar-refractivity contribution in [1.82, 2.24) is 14.5 Å². The first kappa shape index (κ1) is 18.5. The second kappa shape index (κ2) is 8.42. The molecule has 142 valence electrons. The van der Waals surface area contributed by atoms with Gasteiger partial charge in [-0.2, -0.15) is 0 Å². The minimum Gasteiger partial charge on any atom is -0.385 e. The van der Waals surface area contributed by atoms with E-state index in [0.29, 0.717) is 11.6 Å². The third-order valence-corrected chi connectivity index (χ3v) is 4.92. The minimum absolute atomic E-state index is 0.673. The molecule has 0 aliphatic carbocycles. The molecule has 1 N–H and O–H groups in total. The van der Waals surface area contributed by atoms with Gasteiger partial charge in [0.15, 0.2) is 5.65 Å². The molecule has 4 aromatic rings. The van der Waals surface area contributed by atoms with Gasteiger partial charge >= 0.3 is 0 Å². The van der Waals surface area contributed by atoms with Crippen LogP contribution < -0.4 is 5.32 Å². The van der Waals surface area contributed by atoms with Gasteiger partial charge in [0, 0.05) is 32.0 Å². The average molecular weight is 393 g/mol. The first-order valence-electron chi connectivity index (χ1n) is 9.19. The molecule has 0 saturated carbocycles. The van der Waals surface area contributed by atoms with E-state index in [1.165, 1.54) is 0 Å². The van der Waals surface area contributed by atoms with E-state index in [2.05, 4.69) is 33.6 Å². The van der Waals surface area contributed by atoms with Gasteiger partial charge in [0.25, 0.3) is 0 Å². The van der Waals surface area contributed by atoms with Gasteiger partial charge in [-0.25, -0.2) is 9.97 Å². The van der Waals surface area contributed by atoms with E-state index in [4.69, 9.17) is 16.3 Å². The molecule has 2 aromatic carbocycles. The van der Waals surface area contributed by atoms with Gasteiger partial charge in [-0.15, -0.1) is 0 Å². The Balaban J connectivity index is 1.89. The number of aromatic nitrogens is 3. The van der Waals surface area contributed by atoms with Gasteiger partial charge in [-0.05, 0) is 24.1 Å². The lowest BCUT2D eigenvalue weighted by molar-refractivity contribution is 0.198. The fraction of sp³-hybridized carbons (Fsp3) is 0.182. The third-order valence-electron chi connectivity index (χ3n) is 4.60. The summed E-state index contributed by atoms with van der Waals surface area (Å²) in [5.74, 6) is 0.811. The van der Waals surface area contributed by atoms with Crippen LogP contribution in [-0.2, 0) is 4.74 Å². The SMILES string of the molecule is COCCCNc1ncnc2c1c(-c1ccccc1)cn2-c1ccccc1Cl. The zero-order chi connectivity index (χ0) is 19.3. The second-order valence-corrected chi connectivity index (χ2v) is 6.83. The quantitative estimate of drug-likeness (QED) is 0.440. The largest absolute Gasteiger partial charge is 0.385 e. The van der Waals surface area contributed by atoms with E-state index >= 15 is 0 Å². The highest BCUT2D eigenvalue weighted by Gasteiger charge is 2.18. The van der Waals surface area contributed by atoms with E-state index in [1.54, 1.807) is 13.4 Å². The van der Waals surface area contributed by atoms with Crippen LogP contribution in [0.2, 0.25) is 5.02 Å². The number of halogens is 1. The number of rotatable bonds is 7. The number of para-hydroxylation sites is 1. The number of hydrogen-bond acceptors (Lipinski definition) is 4. The molecule has 0 spiro atoms. The maximum atomic E-state index is 6.48. The molecule has 6 heteroatoms. The monoisotopic (exact) mass is 392 g/mol. The molecule has 2 aromatic heterocycles. The zero-order valence-electron chi connectivity index (χ0n) is 15.6. The summed E-state index contributed by atoms with van der Waals surface area (Å²) in [5, 5.41) is 5.09. The van der Waals surface area contributed by atoms with Crippen LogP contribution in [0.5, 0.6) is 0 Å². The summed E-state index contributed by atoms with van der Waals surface area (Å²) < 4.78 is 7.17. The molecule has 0 bridgehead atoms. The molecular formula is C22H21ClN4O. The fourth-order valence-electron chi connectivity index (χ4n) is 3.29. The Hall–Kier alpha value is -2.89. The van der Waals surface area contributed by atoms with E-state index in [0.717, 1.165) is 46.6 Å². The molecular weight excluding hydrogens is 372 g/mol. The first-order valence-corrected chi connectivity index (χ1v) is 9.56. The normalized spacial score (nSPS) is 11.1. The van der Waals surface area contributed by atoms with Crippen LogP contribution in [0.3, 0.4) is 0 Å². The van der Waals surface area contributed by atoms with Gasteiger partial charge in [0.05, 0.1) is 16.1 Å². The van der Waals surface area contributed by atoms with E-state index in [1.807, 2.05) is 47.0 Å². The van der Waals surface area contributed by atoms with E-state index in [9.17, 15) is 0 Å². The van der Waals surface area contributed by atoms with Gasteiger partial charge in [-0.3, -0.25) is 4.57 Å². The fourth-order valence-corrected chi connectivity index (χ4v) is 3.51. The highest BCUT2D eigenvalue weighted by Crippen LogP contribution is 2.36. The Labute approximate surface area is 169 Å². The van der Waals surface area contributed by atoms with Gasteiger partial charge in [0.1, 0.15) is 12.1 Å². The Morgan fingerprint density at radius 1 is 1.04 bits per heavy atom. The van der Waals surface area contributed by atoms with Crippen LogP contribution in [-0.4, -0.2) is 34.8 Å². The first-order chi connectivity index (χ1) is 13.8. The Bertz CT molecular complexity index is 1080. The molecule has 4 rings (SSSR count). The second-order valence-electron chi connectivity index (χ2n) is 6.42. The average Bonchev–Trinajstić information content (AvgIpc) is 3.12. The zero-order valence-corrected chi connectivity index (χ0v) is 16.4. The molecule has 0 saturated heterocycles. The van der Waals surface area contributed by atoms with Crippen molar-refractivity contribution in [2.24, 2.45) is 0 Å². The number of ether oxygens (including phenoxy) is 1. The van der Waals surface area contributed by atoms with Crippen molar-refractivity contribution in [3.8, 4) is 16.8 Å². The van der Waals surface area contributed by atoms with Crippen LogP contribution in [0.4, 0.5) is 5.82 Å². The summed E-state index contributed by atoms with van der Waals surface area (Å²) in [6.45, 7) is 1.47. The summed E-state index contributed by atoms with van der Waals surface area (Å²) in [4.78, 5) is 9.09. The van der Waals surface area contributed by atoms with Crippen LogP contribution >= 0.6 is 11.6 Å². The Morgan fingerprint density at radius 3 is 2.61 bits per heavy atom. The molecule has 2 heterocycles. The third kappa shape index (κ3) is 3.59. The van der Waals surface area contributed by atoms with Gasteiger partial charge in [0.2, 0.25) is 0 Å². The molecule has 0 atom stereocenters. The lowest BCUT2D eigenvalue weighted by Gasteiger charge is -2.09. The number of fused-ring (bicyclic) bond motifs is 1. The molecule has 28 heavy (non-hydrogen) atoms. The Kier molecular flexibility index (Phi) is 5.55. The minimum atomic E-state index is 0.673. The lowest BCUT2D eigenvalue weighted by atomic mass is 10.1. The number of benzene rings is 2. The predicted octanol–water partition coefficient (Wildman–Crippen LogP) is 5.19. The van der Waals surface area contributed by atoms with Crippen molar-refractivity contribution in [1.29, 1.82) is 0 Å². The molecule has 0 radical (unpaired) electrons. The number of hydrogen-bond donors (Lipinski definition) is 1. The predicted molar refractivity (Wildman–Crippen MR) is 114 cm³/mol. The van der Waals surface area contributed by atoms with Crippen LogP contribution in [0.25, 0.3) is 27.8 Å². The summed E-state index contributed by atoms with van der Waals surface area (Å²) >= 11 is 6.48. The molecule has 0 unspecified atom stereocenters. The number of nitrogens with zero attached hydrogens (tertiary/aromatic N) is 3. The van der Waals surface area contributed by atoms with Crippen molar-refractivity contribution in [2.45, 2.75) is 6.42 Å². The smallest absolute Gasteiger partial charge is 0.150 e. The molecule has 5 nitrogen and oxygen atoms in total. The van der Waals surface area contributed by atoms with E-state index < -0.39 is 0 Å². The molecule has 0 aliphatic heterocycles. The number of anilines is 1. The lowest BCUT2D eigenvalue weighted by Crippen LogP contribution is -2.07. The summed E-state index contributed by atoms with van der Waals surface area (Å²) in [6.07, 6.45) is 4.56. The number of methoxy groups -OCH3 is 1. The van der Waals surface area contributed by atoms with Crippen molar-refractivity contribution in [3.63, 3.8) is 0 Å². The summed E-state index contributed by atoms with van der Waals surface area (Å²) in [5.41, 5.74) is 3.87. The topological polar surface area (TPSA) is 52.0 Å². The van der Waals surface area contributed by atoms with Crippen molar-refractivity contribution in [2.75, 3.05) is 25.6 Å². The van der Waals surface area contributed by atoms with Crippen LogP contribution in [0.1, 0.15) is 6.42 Å². The molecule has 0 fully saturated rings. The van der Waals surface area contributed by atoms with Crippen LogP contribution in [0, 0.1) is 0 Å². The molecule has 0 amide bonds. The highest BCUT2D eigenvalue weighted by molar-refractivity contribution is 6.32. The maximum absolute atomic E-state index is 6.48. The van der Waals surface area contributed by atoms with E-state index in [-0.39, 0.29) is 0 Å². The van der Waals surface area contributed by atoms with Gasteiger partial charge in [-0.1, -0.05) is 54.1 Å². The molecule has 0 aliphatic rings. The Morgan fingerprint density at radius 2 is 1.82 bits per heavy atom. The standard InChI is InChI=1S/C22H21ClN4O/c1-28-13-7-12-24-21-20-17(16-8-3-2-4-9-16)14-27(22(20)26-15-25-21)19-11-6-5-10-18(19)23/h2-6,8-11,14-15H,7,12-13H2,1H3,(H,24,25,26).